The molecule has 4 rings (SSSR count). The standard InChI is InChI=1S/C28H33F3N2/c1-2-20(23-17-22-13-15-24(28(29,30)31)18-27(22)32-19-23)9-5-3-4-6-11-25-16-14-21-10-7-8-12-26(21)33-25/h13-20H,2-12H2,1H3/t20-/m1/s1. The Morgan fingerprint density at radius 3 is 2.58 bits per heavy atom. The average Bonchev–Trinajstić information content (AvgIpc) is 2.82. The van der Waals surface area contributed by atoms with Crippen molar-refractivity contribution < 1.29 is 13.2 Å². The molecule has 3 aromatic rings. The summed E-state index contributed by atoms with van der Waals surface area (Å²) in [5, 5.41) is 0.775. The van der Waals surface area contributed by atoms with Crippen LogP contribution in [-0.4, -0.2) is 9.97 Å². The van der Waals surface area contributed by atoms with Crippen molar-refractivity contribution in [3.05, 3.63) is 70.7 Å². The van der Waals surface area contributed by atoms with Crippen molar-refractivity contribution >= 4 is 10.9 Å². The lowest BCUT2D eigenvalue weighted by Gasteiger charge is -2.16. The van der Waals surface area contributed by atoms with Crippen molar-refractivity contribution in [1.82, 2.24) is 9.97 Å². The SMILES string of the molecule is CC[C@H](CCCCCCc1ccc2c(n1)CCCC2)c1cnc2cc(C(F)(F)F)ccc2c1. The van der Waals surface area contributed by atoms with Crippen LogP contribution in [0.1, 0.15) is 92.3 Å². The fourth-order valence-electron chi connectivity index (χ4n) is 4.96. The maximum atomic E-state index is 12.9. The lowest BCUT2D eigenvalue weighted by Crippen LogP contribution is -2.07. The molecule has 1 aromatic carbocycles. The van der Waals surface area contributed by atoms with Crippen molar-refractivity contribution in [1.29, 1.82) is 0 Å². The number of fused-ring (bicyclic) bond motifs is 2. The van der Waals surface area contributed by atoms with Crippen molar-refractivity contribution in [2.45, 2.75) is 89.6 Å². The zero-order valence-electron chi connectivity index (χ0n) is 19.4. The van der Waals surface area contributed by atoms with Gasteiger partial charge in [0.15, 0.2) is 0 Å². The molecule has 1 atom stereocenters. The lowest BCUT2D eigenvalue weighted by atomic mass is 9.91. The predicted molar refractivity (Wildman–Crippen MR) is 127 cm³/mol. The summed E-state index contributed by atoms with van der Waals surface area (Å²) in [4.78, 5) is 9.23. The van der Waals surface area contributed by atoms with Crippen LogP contribution in [0.5, 0.6) is 0 Å². The minimum Gasteiger partial charge on any atom is -0.258 e. The molecule has 0 spiro atoms. The first-order valence-electron chi connectivity index (χ1n) is 12.4. The number of halogens is 3. The molecule has 0 saturated carbocycles. The van der Waals surface area contributed by atoms with Crippen LogP contribution in [0.25, 0.3) is 10.9 Å². The molecule has 0 aliphatic heterocycles. The van der Waals surface area contributed by atoms with Crippen LogP contribution >= 0.6 is 0 Å². The summed E-state index contributed by atoms with van der Waals surface area (Å²) >= 11 is 0. The minimum absolute atomic E-state index is 0.395. The first-order chi connectivity index (χ1) is 15.9. The van der Waals surface area contributed by atoms with E-state index in [1.807, 2.05) is 6.07 Å². The first kappa shape index (κ1) is 23.7. The summed E-state index contributed by atoms with van der Waals surface area (Å²) in [6.07, 6.45) is 10.2. The third-order valence-corrected chi connectivity index (χ3v) is 6.97. The molecule has 2 heterocycles. The third-order valence-electron chi connectivity index (χ3n) is 6.97. The van der Waals surface area contributed by atoms with Crippen LogP contribution < -0.4 is 0 Å². The fraction of sp³-hybridized carbons (Fsp3) is 0.500. The van der Waals surface area contributed by atoms with Gasteiger partial charge in [-0.05, 0) is 92.7 Å². The predicted octanol–water partition coefficient (Wildman–Crippen LogP) is 8.21. The second kappa shape index (κ2) is 10.7. The summed E-state index contributed by atoms with van der Waals surface area (Å²) in [7, 11) is 0. The van der Waals surface area contributed by atoms with Crippen LogP contribution in [0.15, 0.2) is 42.6 Å². The van der Waals surface area contributed by atoms with Crippen LogP contribution in [0, 0.1) is 0 Å². The lowest BCUT2D eigenvalue weighted by molar-refractivity contribution is -0.137. The topological polar surface area (TPSA) is 25.8 Å². The molecule has 0 unspecified atom stereocenters. The van der Waals surface area contributed by atoms with E-state index in [9.17, 15) is 13.2 Å². The normalized spacial score (nSPS) is 14.9. The Hall–Kier alpha value is -2.43. The van der Waals surface area contributed by atoms with Crippen LogP contribution in [-0.2, 0) is 25.4 Å². The molecule has 33 heavy (non-hydrogen) atoms. The van der Waals surface area contributed by atoms with Crippen LogP contribution in [0.3, 0.4) is 0 Å². The highest BCUT2D eigenvalue weighted by Gasteiger charge is 2.30. The Morgan fingerprint density at radius 1 is 0.939 bits per heavy atom. The van der Waals surface area contributed by atoms with Gasteiger partial charge in [-0.2, -0.15) is 13.2 Å². The van der Waals surface area contributed by atoms with Crippen LogP contribution in [0.2, 0.25) is 0 Å². The molecule has 1 aliphatic rings. The average molecular weight is 455 g/mol. The van der Waals surface area contributed by atoms with Gasteiger partial charge in [0.1, 0.15) is 0 Å². The molecule has 0 bridgehead atoms. The van der Waals surface area contributed by atoms with E-state index in [0.717, 1.165) is 55.2 Å². The van der Waals surface area contributed by atoms with Gasteiger partial charge in [0, 0.05) is 23.0 Å². The highest BCUT2D eigenvalue weighted by atomic mass is 19.4. The number of hydrogen-bond acceptors (Lipinski definition) is 2. The first-order valence-corrected chi connectivity index (χ1v) is 12.4. The molecule has 1 aliphatic carbocycles. The monoisotopic (exact) mass is 454 g/mol. The molecule has 0 amide bonds. The minimum atomic E-state index is -4.34. The Labute approximate surface area is 194 Å². The molecule has 176 valence electrons. The Kier molecular flexibility index (Phi) is 7.67. The van der Waals surface area contributed by atoms with Gasteiger partial charge >= 0.3 is 6.18 Å². The Bertz CT molecular complexity index is 1070. The van der Waals surface area contributed by atoms with E-state index in [0.29, 0.717) is 11.4 Å². The van der Waals surface area contributed by atoms with Gasteiger partial charge in [-0.15, -0.1) is 0 Å². The van der Waals surface area contributed by atoms with E-state index in [1.54, 1.807) is 6.20 Å². The van der Waals surface area contributed by atoms with Crippen molar-refractivity contribution in [2.75, 3.05) is 0 Å². The van der Waals surface area contributed by atoms with Gasteiger partial charge in [-0.3, -0.25) is 9.97 Å². The molecular formula is C28H33F3N2. The molecule has 2 nitrogen and oxygen atoms in total. The maximum Gasteiger partial charge on any atom is 0.416 e. The fourth-order valence-corrected chi connectivity index (χ4v) is 4.96. The number of unbranched alkanes of at least 4 members (excludes halogenated alkanes) is 3. The third kappa shape index (κ3) is 6.13. The van der Waals surface area contributed by atoms with Crippen molar-refractivity contribution in [3.8, 4) is 0 Å². The van der Waals surface area contributed by atoms with Gasteiger partial charge in [-0.1, -0.05) is 38.3 Å². The highest BCUT2D eigenvalue weighted by molar-refractivity contribution is 5.80. The van der Waals surface area contributed by atoms with E-state index < -0.39 is 11.7 Å². The van der Waals surface area contributed by atoms with Crippen LogP contribution in [0.4, 0.5) is 13.2 Å². The zero-order valence-corrected chi connectivity index (χ0v) is 19.4. The number of aryl methyl sites for hydroxylation is 3. The van der Waals surface area contributed by atoms with E-state index in [2.05, 4.69) is 24.0 Å². The molecule has 5 heteroatoms. The van der Waals surface area contributed by atoms with Gasteiger partial charge in [0.05, 0.1) is 11.1 Å². The summed E-state index contributed by atoms with van der Waals surface area (Å²) in [6.45, 7) is 2.17. The number of alkyl halides is 3. The van der Waals surface area contributed by atoms with Gasteiger partial charge < -0.3 is 0 Å². The second-order valence-corrected chi connectivity index (χ2v) is 9.35. The summed E-state index contributed by atoms with van der Waals surface area (Å²) in [6, 6.07) is 10.3. The number of rotatable bonds is 9. The van der Waals surface area contributed by atoms with Crippen molar-refractivity contribution in [3.63, 3.8) is 0 Å². The quantitative estimate of drug-likeness (QED) is 0.304. The molecule has 0 saturated heterocycles. The van der Waals surface area contributed by atoms with Gasteiger partial charge in [0.2, 0.25) is 0 Å². The van der Waals surface area contributed by atoms with Crippen molar-refractivity contribution in [2.24, 2.45) is 0 Å². The maximum absolute atomic E-state index is 12.9. The second-order valence-electron chi connectivity index (χ2n) is 9.35. The largest absolute Gasteiger partial charge is 0.416 e. The Balaban J connectivity index is 1.25. The number of benzene rings is 1. The highest BCUT2D eigenvalue weighted by Crippen LogP contribution is 2.33. The molecule has 0 radical (unpaired) electrons. The van der Waals surface area contributed by atoms with Gasteiger partial charge in [-0.25, -0.2) is 0 Å². The number of nitrogens with zero attached hydrogens (tertiary/aromatic N) is 2. The summed E-state index contributed by atoms with van der Waals surface area (Å²) in [5.74, 6) is 0.395. The van der Waals surface area contributed by atoms with E-state index in [1.165, 1.54) is 61.5 Å². The number of pyridine rings is 2. The Morgan fingerprint density at radius 2 is 1.76 bits per heavy atom. The molecule has 2 aromatic heterocycles. The summed E-state index contributed by atoms with van der Waals surface area (Å²) in [5.41, 5.74) is 4.89. The number of aromatic nitrogens is 2. The van der Waals surface area contributed by atoms with E-state index in [-0.39, 0.29) is 0 Å². The number of hydrogen-bond donors (Lipinski definition) is 0. The smallest absolute Gasteiger partial charge is 0.258 e. The van der Waals surface area contributed by atoms with Gasteiger partial charge in [0.25, 0.3) is 0 Å². The summed E-state index contributed by atoms with van der Waals surface area (Å²) < 4.78 is 38.8. The zero-order chi connectivity index (χ0) is 23.3. The molecule has 0 N–H and O–H groups in total. The molecular weight excluding hydrogens is 421 g/mol. The molecule has 0 fully saturated rings. The van der Waals surface area contributed by atoms with E-state index in [4.69, 9.17) is 4.98 Å². The van der Waals surface area contributed by atoms with E-state index >= 15 is 0 Å².